The molecule has 0 aliphatic carbocycles. The molecular weight excluding hydrogens is 212 g/mol. The largest absolute Gasteiger partial charge is 0.472 e. The molecule has 0 saturated carbocycles. The number of rotatable bonds is 5. The van der Waals surface area contributed by atoms with Gasteiger partial charge in [0.1, 0.15) is 0 Å². The highest BCUT2D eigenvalue weighted by molar-refractivity contribution is 5.26. The van der Waals surface area contributed by atoms with Gasteiger partial charge in [-0.15, -0.1) is 0 Å². The van der Waals surface area contributed by atoms with Crippen molar-refractivity contribution in [2.24, 2.45) is 5.84 Å². The summed E-state index contributed by atoms with van der Waals surface area (Å²) in [5.74, 6) is 5.61. The number of hydrogen-bond donors (Lipinski definition) is 2. The summed E-state index contributed by atoms with van der Waals surface area (Å²) in [6.07, 6.45) is 5.26. The lowest BCUT2D eigenvalue weighted by atomic mass is 9.98. The predicted molar refractivity (Wildman–Crippen MR) is 68.4 cm³/mol. The van der Waals surface area contributed by atoms with Gasteiger partial charge in [0, 0.05) is 6.04 Å². The minimum Gasteiger partial charge on any atom is -0.472 e. The van der Waals surface area contributed by atoms with Crippen LogP contribution in [0.5, 0.6) is 0 Å². The van der Waals surface area contributed by atoms with Gasteiger partial charge >= 0.3 is 0 Å². The van der Waals surface area contributed by atoms with Crippen molar-refractivity contribution in [1.29, 1.82) is 0 Å². The molecule has 0 bridgehead atoms. The minimum atomic E-state index is 0.230. The number of furan rings is 1. The van der Waals surface area contributed by atoms with Gasteiger partial charge in [0.25, 0.3) is 0 Å². The lowest BCUT2D eigenvalue weighted by molar-refractivity contribution is 0.513. The Bertz CT molecular complexity index is 451. The Labute approximate surface area is 102 Å². The van der Waals surface area contributed by atoms with E-state index in [-0.39, 0.29) is 6.04 Å². The van der Waals surface area contributed by atoms with Gasteiger partial charge < -0.3 is 4.42 Å². The standard InChI is InChI=1S/C14H18N2O/c1-11-4-2-3-5-13(11)9-14(16-15)8-12-6-7-17-10-12/h2-7,10,14,16H,8-9,15H2,1H3. The maximum Gasteiger partial charge on any atom is 0.0935 e. The summed E-state index contributed by atoms with van der Waals surface area (Å²) in [5.41, 5.74) is 6.68. The van der Waals surface area contributed by atoms with Gasteiger partial charge in [-0.05, 0) is 42.5 Å². The zero-order valence-corrected chi connectivity index (χ0v) is 10.0. The van der Waals surface area contributed by atoms with E-state index in [1.165, 1.54) is 16.7 Å². The van der Waals surface area contributed by atoms with E-state index >= 15 is 0 Å². The summed E-state index contributed by atoms with van der Waals surface area (Å²) in [6.45, 7) is 2.13. The molecule has 3 nitrogen and oxygen atoms in total. The molecule has 2 aromatic rings. The fraction of sp³-hybridized carbons (Fsp3) is 0.286. The molecule has 17 heavy (non-hydrogen) atoms. The van der Waals surface area contributed by atoms with E-state index in [4.69, 9.17) is 10.3 Å². The van der Waals surface area contributed by atoms with Gasteiger partial charge in [0.2, 0.25) is 0 Å². The second-order valence-electron chi connectivity index (χ2n) is 4.33. The van der Waals surface area contributed by atoms with E-state index in [9.17, 15) is 0 Å². The number of benzene rings is 1. The van der Waals surface area contributed by atoms with Gasteiger partial charge in [-0.1, -0.05) is 24.3 Å². The second kappa shape index (κ2) is 5.66. The molecule has 1 atom stereocenters. The Kier molecular flexibility index (Phi) is 3.96. The van der Waals surface area contributed by atoms with Crippen molar-refractivity contribution < 1.29 is 4.42 Å². The first kappa shape index (κ1) is 11.9. The first-order valence-corrected chi connectivity index (χ1v) is 5.81. The van der Waals surface area contributed by atoms with Crippen molar-refractivity contribution in [3.63, 3.8) is 0 Å². The molecule has 1 aromatic heterocycles. The Balaban J connectivity index is 2.03. The molecule has 0 radical (unpaired) electrons. The average molecular weight is 230 g/mol. The normalized spacial score (nSPS) is 12.6. The third-order valence-corrected chi connectivity index (χ3v) is 3.03. The van der Waals surface area contributed by atoms with E-state index < -0.39 is 0 Å². The second-order valence-corrected chi connectivity index (χ2v) is 4.33. The van der Waals surface area contributed by atoms with Crippen LogP contribution < -0.4 is 11.3 Å². The Morgan fingerprint density at radius 2 is 2.06 bits per heavy atom. The van der Waals surface area contributed by atoms with Crippen LogP contribution >= 0.6 is 0 Å². The van der Waals surface area contributed by atoms with Crippen molar-refractivity contribution >= 4 is 0 Å². The van der Waals surface area contributed by atoms with Crippen molar-refractivity contribution in [2.75, 3.05) is 0 Å². The predicted octanol–water partition coefficient (Wildman–Crippen LogP) is 2.21. The molecule has 3 N–H and O–H groups in total. The fourth-order valence-corrected chi connectivity index (χ4v) is 1.99. The molecule has 2 rings (SSSR count). The van der Waals surface area contributed by atoms with Gasteiger partial charge in [-0.25, -0.2) is 0 Å². The van der Waals surface area contributed by atoms with Crippen LogP contribution in [0.3, 0.4) is 0 Å². The Hall–Kier alpha value is -1.58. The summed E-state index contributed by atoms with van der Waals surface area (Å²) >= 11 is 0. The fourth-order valence-electron chi connectivity index (χ4n) is 1.99. The van der Waals surface area contributed by atoms with Crippen LogP contribution in [0.25, 0.3) is 0 Å². The van der Waals surface area contributed by atoms with Crippen LogP contribution in [0.1, 0.15) is 16.7 Å². The number of nitrogens with one attached hydrogen (secondary N) is 1. The van der Waals surface area contributed by atoms with Crippen LogP contribution in [0.2, 0.25) is 0 Å². The van der Waals surface area contributed by atoms with Gasteiger partial charge in [-0.2, -0.15) is 0 Å². The molecule has 0 fully saturated rings. The molecule has 0 aliphatic heterocycles. The Morgan fingerprint density at radius 3 is 2.71 bits per heavy atom. The van der Waals surface area contributed by atoms with Crippen LogP contribution in [-0.4, -0.2) is 6.04 Å². The van der Waals surface area contributed by atoms with E-state index in [0.717, 1.165) is 12.8 Å². The zero-order chi connectivity index (χ0) is 12.1. The first-order valence-electron chi connectivity index (χ1n) is 5.81. The lowest BCUT2D eigenvalue weighted by Gasteiger charge is -2.16. The molecular formula is C14H18N2O. The SMILES string of the molecule is Cc1ccccc1CC(Cc1ccoc1)NN. The van der Waals surface area contributed by atoms with Crippen LogP contribution in [0.15, 0.2) is 47.3 Å². The van der Waals surface area contributed by atoms with Crippen molar-refractivity contribution in [3.05, 3.63) is 59.5 Å². The minimum absolute atomic E-state index is 0.230. The summed E-state index contributed by atoms with van der Waals surface area (Å²) in [4.78, 5) is 0. The first-order chi connectivity index (χ1) is 8.29. The molecule has 0 aliphatic rings. The smallest absolute Gasteiger partial charge is 0.0935 e. The quantitative estimate of drug-likeness (QED) is 0.611. The van der Waals surface area contributed by atoms with Gasteiger partial charge in [0.15, 0.2) is 0 Å². The molecule has 1 heterocycles. The monoisotopic (exact) mass is 230 g/mol. The van der Waals surface area contributed by atoms with Crippen molar-refractivity contribution in [1.82, 2.24) is 5.43 Å². The highest BCUT2D eigenvalue weighted by Crippen LogP contribution is 2.12. The van der Waals surface area contributed by atoms with Crippen LogP contribution in [0, 0.1) is 6.92 Å². The molecule has 3 heteroatoms. The highest BCUT2D eigenvalue weighted by Gasteiger charge is 2.10. The lowest BCUT2D eigenvalue weighted by Crippen LogP contribution is -2.38. The molecule has 0 amide bonds. The third kappa shape index (κ3) is 3.19. The number of aryl methyl sites for hydroxylation is 1. The number of nitrogens with two attached hydrogens (primary N) is 1. The Morgan fingerprint density at radius 1 is 1.24 bits per heavy atom. The molecule has 1 unspecified atom stereocenters. The van der Waals surface area contributed by atoms with Crippen LogP contribution in [-0.2, 0) is 12.8 Å². The molecule has 0 spiro atoms. The van der Waals surface area contributed by atoms with Gasteiger partial charge in [0.05, 0.1) is 12.5 Å². The van der Waals surface area contributed by atoms with Crippen molar-refractivity contribution in [2.45, 2.75) is 25.8 Å². The van der Waals surface area contributed by atoms with E-state index in [0.29, 0.717) is 0 Å². The summed E-state index contributed by atoms with van der Waals surface area (Å²) in [5, 5.41) is 0. The number of hydrazine groups is 1. The topological polar surface area (TPSA) is 51.2 Å². The third-order valence-electron chi connectivity index (χ3n) is 3.03. The summed E-state index contributed by atoms with van der Waals surface area (Å²) in [6, 6.07) is 10.6. The number of hydrogen-bond acceptors (Lipinski definition) is 3. The van der Waals surface area contributed by atoms with Crippen LogP contribution in [0.4, 0.5) is 0 Å². The van der Waals surface area contributed by atoms with Gasteiger partial charge in [-0.3, -0.25) is 11.3 Å². The maximum atomic E-state index is 5.61. The molecule has 0 saturated heterocycles. The van der Waals surface area contributed by atoms with Crippen molar-refractivity contribution in [3.8, 4) is 0 Å². The zero-order valence-electron chi connectivity index (χ0n) is 10.0. The summed E-state index contributed by atoms with van der Waals surface area (Å²) in [7, 11) is 0. The highest BCUT2D eigenvalue weighted by atomic mass is 16.3. The molecule has 1 aromatic carbocycles. The van der Waals surface area contributed by atoms with E-state index in [2.05, 4.69) is 36.6 Å². The average Bonchev–Trinajstić information content (AvgIpc) is 2.84. The summed E-state index contributed by atoms with van der Waals surface area (Å²) < 4.78 is 5.07. The van der Waals surface area contributed by atoms with E-state index in [1.54, 1.807) is 12.5 Å². The molecule has 90 valence electrons. The van der Waals surface area contributed by atoms with E-state index in [1.807, 2.05) is 6.07 Å². The maximum absolute atomic E-state index is 5.61.